The molecule has 3 rings (SSSR count). The van der Waals surface area contributed by atoms with Crippen molar-refractivity contribution >= 4 is 22.8 Å². The van der Waals surface area contributed by atoms with Gasteiger partial charge in [0.25, 0.3) is 0 Å². The molecule has 9 nitrogen and oxygen atoms in total. The molecule has 0 radical (unpaired) electrons. The molecule has 3 N–H and O–H groups in total. The highest BCUT2D eigenvalue weighted by atomic mass is 16.5. The first kappa shape index (κ1) is 16.6. The number of aromatic nitrogens is 3. The first-order valence-corrected chi connectivity index (χ1v) is 7.63. The van der Waals surface area contributed by atoms with Crippen molar-refractivity contribution in [3.8, 4) is 5.75 Å². The van der Waals surface area contributed by atoms with Crippen molar-refractivity contribution in [3.05, 3.63) is 39.6 Å². The first-order chi connectivity index (χ1) is 11.9. The number of nitrogens with zero attached hydrogens (tertiary/aromatic N) is 2. The molecular formula is C16H19N5O4. The molecule has 0 spiro atoms. The Hall–Kier alpha value is -3.23. The summed E-state index contributed by atoms with van der Waals surface area (Å²) in [5.74, 6) is 1.13. The van der Waals surface area contributed by atoms with Crippen LogP contribution in [0.15, 0.2) is 21.5 Å². The van der Waals surface area contributed by atoms with E-state index in [0.717, 1.165) is 11.3 Å². The van der Waals surface area contributed by atoms with Gasteiger partial charge < -0.3 is 29.4 Å². The van der Waals surface area contributed by atoms with Crippen LogP contribution in [0.4, 0.5) is 10.5 Å². The van der Waals surface area contributed by atoms with E-state index in [9.17, 15) is 9.59 Å². The number of benzene rings is 1. The van der Waals surface area contributed by atoms with Gasteiger partial charge in [0.2, 0.25) is 0 Å². The Morgan fingerprint density at radius 1 is 1.32 bits per heavy atom. The Morgan fingerprint density at radius 2 is 2.00 bits per heavy atom. The number of fused-ring (bicyclic) bond motifs is 1. The second-order valence-electron chi connectivity index (χ2n) is 5.77. The van der Waals surface area contributed by atoms with Crippen LogP contribution in [0.5, 0.6) is 5.75 Å². The number of aryl methyl sites for hydroxylation is 2. The van der Waals surface area contributed by atoms with Gasteiger partial charge in [-0.05, 0) is 19.9 Å². The van der Waals surface area contributed by atoms with Crippen LogP contribution in [-0.2, 0) is 6.54 Å². The van der Waals surface area contributed by atoms with Crippen LogP contribution in [-0.4, -0.2) is 40.2 Å². The van der Waals surface area contributed by atoms with E-state index in [1.807, 2.05) is 6.92 Å². The van der Waals surface area contributed by atoms with Gasteiger partial charge in [-0.15, -0.1) is 0 Å². The van der Waals surface area contributed by atoms with Gasteiger partial charge in [-0.25, -0.2) is 9.59 Å². The summed E-state index contributed by atoms with van der Waals surface area (Å²) in [5.41, 5.74) is 2.94. The number of methoxy groups -OCH3 is 1. The maximum Gasteiger partial charge on any atom is 0.323 e. The molecular weight excluding hydrogens is 326 g/mol. The Labute approximate surface area is 143 Å². The number of urea groups is 1. The van der Waals surface area contributed by atoms with E-state index in [2.05, 4.69) is 20.4 Å². The number of rotatable bonds is 4. The lowest BCUT2D eigenvalue weighted by molar-refractivity contribution is 0.220. The van der Waals surface area contributed by atoms with E-state index in [-0.39, 0.29) is 11.7 Å². The number of nitrogens with one attached hydrogen (secondary N) is 3. The number of ether oxygens (including phenoxy) is 1. The number of amides is 2. The summed E-state index contributed by atoms with van der Waals surface area (Å²) in [6, 6.07) is 2.97. The number of hydrogen-bond acceptors (Lipinski definition) is 5. The predicted molar refractivity (Wildman–Crippen MR) is 91.9 cm³/mol. The summed E-state index contributed by atoms with van der Waals surface area (Å²) in [6.07, 6.45) is 0. The average Bonchev–Trinajstić information content (AvgIpc) is 3.09. The molecule has 25 heavy (non-hydrogen) atoms. The molecule has 2 aromatic heterocycles. The number of anilines is 1. The van der Waals surface area contributed by atoms with E-state index < -0.39 is 0 Å². The fraction of sp³-hybridized carbons (Fsp3) is 0.312. The van der Waals surface area contributed by atoms with Gasteiger partial charge in [0.15, 0.2) is 0 Å². The lowest BCUT2D eigenvalue weighted by Crippen LogP contribution is -2.31. The van der Waals surface area contributed by atoms with Crippen LogP contribution in [0.25, 0.3) is 11.0 Å². The average molecular weight is 345 g/mol. The monoisotopic (exact) mass is 345 g/mol. The zero-order valence-corrected chi connectivity index (χ0v) is 14.4. The topological polar surface area (TPSA) is 116 Å². The minimum absolute atomic E-state index is 0.323. The van der Waals surface area contributed by atoms with E-state index in [1.54, 1.807) is 26.1 Å². The van der Waals surface area contributed by atoms with E-state index in [1.165, 1.54) is 12.0 Å². The summed E-state index contributed by atoms with van der Waals surface area (Å²) in [6.45, 7) is 4.00. The van der Waals surface area contributed by atoms with Crippen molar-refractivity contribution in [2.24, 2.45) is 0 Å². The van der Waals surface area contributed by atoms with Crippen molar-refractivity contribution in [3.63, 3.8) is 0 Å². The molecule has 1 aromatic carbocycles. The van der Waals surface area contributed by atoms with Crippen molar-refractivity contribution in [1.29, 1.82) is 0 Å². The van der Waals surface area contributed by atoms with Crippen LogP contribution in [0.1, 0.15) is 17.0 Å². The summed E-state index contributed by atoms with van der Waals surface area (Å²) in [5, 5.41) is 6.67. The molecule has 0 fully saturated rings. The number of hydrogen-bond donors (Lipinski definition) is 3. The fourth-order valence-corrected chi connectivity index (χ4v) is 2.58. The molecule has 132 valence electrons. The van der Waals surface area contributed by atoms with Gasteiger partial charge in [-0.1, -0.05) is 5.16 Å². The van der Waals surface area contributed by atoms with Gasteiger partial charge in [0.1, 0.15) is 11.5 Å². The van der Waals surface area contributed by atoms with Crippen LogP contribution < -0.4 is 15.7 Å². The Morgan fingerprint density at radius 3 is 2.60 bits per heavy atom. The minimum atomic E-state index is -0.324. The zero-order valence-electron chi connectivity index (χ0n) is 14.4. The molecule has 3 aromatic rings. The zero-order chi connectivity index (χ0) is 18.1. The van der Waals surface area contributed by atoms with Gasteiger partial charge in [-0.3, -0.25) is 0 Å². The van der Waals surface area contributed by atoms with E-state index in [4.69, 9.17) is 9.26 Å². The quantitative estimate of drug-likeness (QED) is 0.670. The molecule has 0 saturated carbocycles. The molecule has 0 aliphatic heterocycles. The maximum atomic E-state index is 12.5. The largest absolute Gasteiger partial charge is 0.494 e. The van der Waals surface area contributed by atoms with Gasteiger partial charge in [0, 0.05) is 18.7 Å². The second kappa shape index (κ2) is 6.34. The number of aromatic amines is 2. The molecule has 9 heteroatoms. The molecule has 2 amide bonds. The lowest BCUT2D eigenvalue weighted by Gasteiger charge is -2.19. The summed E-state index contributed by atoms with van der Waals surface area (Å²) in [4.78, 5) is 30.7. The van der Waals surface area contributed by atoms with Crippen molar-refractivity contribution in [2.75, 3.05) is 19.5 Å². The third kappa shape index (κ3) is 3.21. The van der Waals surface area contributed by atoms with Crippen molar-refractivity contribution in [2.45, 2.75) is 20.4 Å². The lowest BCUT2D eigenvalue weighted by atomic mass is 10.2. The highest BCUT2D eigenvalue weighted by molar-refractivity contribution is 5.94. The normalized spacial score (nSPS) is 10.9. The van der Waals surface area contributed by atoms with Gasteiger partial charge >= 0.3 is 11.7 Å². The van der Waals surface area contributed by atoms with Crippen LogP contribution in [0, 0.1) is 13.8 Å². The molecule has 0 aliphatic rings. The second-order valence-corrected chi connectivity index (χ2v) is 5.77. The molecule has 0 saturated heterocycles. The van der Waals surface area contributed by atoms with Crippen LogP contribution in [0.2, 0.25) is 0 Å². The first-order valence-electron chi connectivity index (χ1n) is 7.63. The Kier molecular flexibility index (Phi) is 4.22. The fourth-order valence-electron chi connectivity index (χ4n) is 2.58. The van der Waals surface area contributed by atoms with E-state index >= 15 is 0 Å². The molecule has 2 heterocycles. The standard InChI is InChI=1S/C16H19N5O4/c1-8-10(9(2)25-20-8)7-21(3)16(23)19-13-5-11-12(6-14(13)24-4)18-15(22)17-11/h5-6H,7H2,1-4H3,(H,19,23)(H2,17,18,22). The van der Waals surface area contributed by atoms with Gasteiger partial charge in [-0.2, -0.15) is 0 Å². The minimum Gasteiger partial charge on any atom is -0.494 e. The third-order valence-corrected chi connectivity index (χ3v) is 4.00. The summed E-state index contributed by atoms with van der Waals surface area (Å²) >= 11 is 0. The third-order valence-electron chi connectivity index (χ3n) is 4.00. The van der Waals surface area contributed by atoms with Crippen LogP contribution >= 0.6 is 0 Å². The Balaban J connectivity index is 1.82. The Bertz CT molecular complexity index is 965. The SMILES string of the molecule is COc1cc2[nH]c(=O)[nH]c2cc1NC(=O)N(C)Cc1c(C)noc1C. The molecule has 0 atom stereocenters. The molecule has 0 aliphatic carbocycles. The maximum absolute atomic E-state index is 12.5. The smallest absolute Gasteiger partial charge is 0.323 e. The highest BCUT2D eigenvalue weighted by Gasteiger charge is 2.17. The van der Waals surface area contributed by atoms with E-state index in [0.29, 0.717) is 34.8 Å². The highest BCUT2D eigenvalue weighted by Crippen LogP contribution is 2.28. The number of imidazole rings is 1. The van der Waals surface area contributed by atoms with Crippen molar-refractivity contribution < 1.29 is 14.1 Å². The summed E-state index contributed by atoms with van der Waals surface area (Å²) < 4.78 is 10.4. The van der Waals surface area contributed by atoms with Gasteiger partial charge in [0.05, 0.1) is 36.1 Å². The number of H-pyrrole nitrogens is 2. The van der Waals surface area contributed by atoms with Crippen molar-refractivity contribution in [1.82, 2.24) is 20.0 Å². The molecule has 0 unspecified atom stereocenters. The molecule has 0 bridgehead atoms. The van der Waals surface area contributed by atoms with Crippen LogP contribution in [0.3, 0.4) is 0 Å². The predicted octanol–water partition coefficient (Wildman–Crippen LogP) is 2.13. The number of carbonyl (C=O) groups is 1. The number of carbonyl (C=O) groups excluding carboxylic acids is 1. The summed E-state index contributed by atoms with van der Waals surface area (Å²) in [7, 11) is 3.17.